The van der Waals surface area contributed by atoms with Crippen LogP contribution in [0.4, 0.5) is 0 Å². The Kier molecular flexibility index (Phi) is 3.11. The van der Waals surface area contributed by atoms with Gasteiger partial charge in [0.15, 0.2) is 5.15 Å². The van der Waals surface area contributed by atoms with Crippen LogP contribution < -0.4 is 0 Å². The van der Waals surface area contributed by atoms with Gasteiger partial charge in [0.1, 0.15) is 5.03 Å². The van der Waals surface area contributed by atoms with E-state index in [1.54, 1.807) is 0 Å². The lowest BCUT2D eigenvalue weighted by molar-refractivity contribution is 0.903. The van der Waals surface area contributed by atoms with E-state index in [0.29, 0.717) is 5.03 Å². The SMILES string of the molecule is Clc1nnc(Cl)c(Sc2cc3ccccc3[nH]2)n1. The average Bonchev–Trinajstić information content (AvgIpc) is 2.76. The van der Waals surface area contributed by atoms with Gasteiger partial charge in [0.2, 0.25) is 5.28 Å². The average molecular weight is 297 g/mol. The second-order valence-corrected chi connectivity index (χ2v) is 5.23. The molecule has 3 aromatic rings. The van der Waals surface area contributed by atoms with Crippen molar-refractivity contribution in [2.45, 2.75) is 10.1 Å². The molecular weight excluding hydrogens is 291 g/mol. The van der Waals surface area contributed by atoms with E-state index in [4.69, 9.17) is 23.2 Å². The van der Waals surface area contributed by atoms with E-state index in [9.17, 15) is 0 Å². The summed E-state index contributed by atoms with van der Waals surface area (Å²) < 4.78 is 0. The molecule has 1 N–H and O–H groups in total. The van der Waals surface area contributed by atoms with Crippen LogP contribution in [0, 0.1) is 0 Å². The van der Waals surface area contributed by atoms with Gasteiger partial charge in [0, 0.05) is 10.9 Å². The number of H-pyrrole nitrogens is 1. The molecule has 0 unspecified atom stereocenters. The Morgan fingerprint density at radius 3 is 2.78 bits per heavy atom. The molecule has 4 nitrogen and oxygen atoms in total. The number of para-hydroxylation sites is 1. The van der Waals surface area contributed by atoms with Crippen molar-refractivity contribution >= 4 is 45.9 Å². The number of halogens is 2. The van der Waals surface area contributed by atoms with Crippen LogP contribution in [0.1, 0.15) is 0 Å². The maximum atomic E-state index is 5.92. The highest BCUT2D eigenvalue weighted by molar-refractivity contribution is 7.99. The van der Waals surface area contributed by atoms with Crippen LogP contribution in [0.25, 0.3) is 10.9 Å². The maximum absolute atomic E-state index is 5.92. The molecule has 90 valence electrons. The summed E-state index contributed by atoms with van der Waals surface area (Å²) in [5, 5.41) is 10.2. The molecule has 0 atom stereocenters. The number of hydrogen-bond donors (Lipinski definition) is 1. The van der Waals surface area contributed by atoms with Crippen molar-refractivity contribution in [3.63, 3.8) is 0 Å². The van der Waals surface area contributed by atoms with Crippen molar-refractivity contribution < 1.29 is 0 Å². The third-order valence-corrected chi connectivity index (χ3v) is 3.75. The van der Waals surface area contributed by atoms with Gasteiger partial charge in [-0.05, 0) is 35.5 Å². The first-order valence-electron chi connectivity index (χ1n) is 5.04. The van der Waals surface area contributed by atoms with Crippen LogP contribution in [0.3, 0.4) is 0 Å². The first-order valence-corrected chi connectivity index (χ1v) is 6.61. The van der Waals surface area contributed by atoms with Gasteiger partial charge in [0.25, 0.3) is 0 Å². The molecule has 0 aliphatic rings. The summed E-state index contributed by atoms with van der Waals surface area (Å²) in [7, 11) is 0. The van der Waals surface area contributed by atoms with Crippen LogP contribution in [0.15, 0.2) is 40.4 Å². The Bertz CT molecular complexity index is 680. The van der Waals surface area contributed by atoms with Gasteiger partial charge in [-0.3, -0.25) is 0 Å². The predicted octanol–water partition coefficient (Wildman–Crippen LogP) is 3.81. The lowest BCUT2D eigenvalue weighted by Gasteiger charge is -1.99. The normalized spacial score (nSPS) is 11.0. The largest absolute Gasteiger partial charge is 0.349 e. The minimum absolute atomic E-state index is 0.0815. The fraction of sp³-hybridized carbons (Fsp3) is 0. The standard InChI is InChI=1S/C11H6Cl2N4S/c12-9-10(15-11(13)17-16-9)18-8-5-6-3-1-2-4-7(6)14-8/h1-5,14H. The third kappa shape index (κ3) is 2.29. The lowest BCUT2D eigenvalue weighted by atomic mass is 10.3. The van der Waals surface area contributed by atoms with Crippen molar-refractivity contribution in [2.24, 2.45) is 0 Å². The molecule has 0 amide bonds. The van der Waals surface area contributed by atoms with Crippen LogP contribution in [0.5, 0.6) is 0 Å². The van der Waals surface area contributed by atoms with E-state index in [2.05, 4.69) is 20.2 Å². The predicted molar refractivity (Wildman–Crippen MR) is 72.3 cm³/mol. The smallest absolute Gasteiger partial charge is 0.244 e. The quantitative estimate of drug-likeness (QED) is 0.781. The number of aromatic amines is 1. The summed E-state index contributed by atoms with van der Waals surface area (Å²) in [5.74, 6) is 0. The Morgan fingerprint density at radius 2 is 1.94 bits per heavy atom. The molecule has 0 aliphatic heterocycles. The van der Waals surface area contributed by atoms with E-state index >= 15 is 0 Å². The molecule has 0 bridgehead atoms. The number of nitrogens with one attached hydrogen (secondary N) is 1. The monoisotopic (exact) mass is 296 g/mol. The number of fused-ring (bicyclic) bond motifs is 1. The Hall–Kier alpha value is -1.30. The van der Waals surface area contributed by atoms with Gasteiger partial charge in [-0.1, -0.05) is 29.8 Å². The highest BCUT2D eigenvalue weighted by Gasteiger charge is 2.10. The van der Waals surface area contributed by atoms with E-state index in [1.807, 2.05) is 30.3 Å². The molecule has 0 aliphatic carbocycles. The third-order valence-electron chi connectivity index (χ3n) is 2.30. The molecule has 1 aromatic carbocycles. The van der Waals surface area contributed by atoms with Gasteiger partial charge in [-0.15, -0.1) is 10.2 Å². The molecule has 0 saturated carbocycles. The number of benzene rings is 1. The van der Waals surface area contributed by atoms with Crippen LogP contribution in [-0.2, 0) is 0 Å². The van der Waals surface area contributed by atoms with Gasteiger partial charge in [-0.25, -0.2) is 4.98 Å². The molecule has 2 aromatic heterocycles. The number of hydrogen-bond acceptors (Lipinski definition) is 4. The first-order chi connectivity index (χ1) is 8.72. The van der Waals surface area contributed by atoms with Crippen molar-refractivity contribution in [3.05, 3.63) is 40.8 Å². The Labute approximate surface area is 117 Å². The molecule has 0 radical (unpaired) electrons. The molecule has 3 rings (SSSR count). The number of nitrogens with zero attached hydrogens (tertiary/aromatic N) is 3. The Balaban J connectivity index is 1.98. The summed E-state index contributed by atoms with van der Waals surface area (Å²) in [5.41, 5.74) is 1.06. The minimum Gasteiger partial charge on any atom is -0.349 e. The van der Waals surface area contributed by atoms with Crippen LogP contribution in [-0.4, -0.2) is 20.2 Å². The van der Waals surface area contributed by atoms with Gasteiger partial charge in [-0.2, -0.15) is 0 Å². The van der Waals surface area contributed by atoms with E-state index in [-0.39, 0.29) is 10.4 Å². The molecule has 2 heterocycles. The zero-order valence-corrected chi connectivity index (χ0v) is 11.2. The van der Waals surface area contributed by atoms with Crippen molar-refractivity contribution in [1.29, 1.82) is 0 Å². The van der Waals surface area contributed by atoms with Crippen molar-refractivity contribution in [3.8, 4) is 0 Å². The molecule has 18 heavy (non-hydrogen) atoms. The number of rotatable bonds is 2. The molecule has 7 heteroatoms. The minimum atomic E-state index is 0.0815. The summed E-state index contributed by atoms with van der Waals surface area (Å²) in [4.78, 5) is 7.30. The lowest BCUT2D eigenvalue weighted by Crippen LogP contribution is -1.91. The zero-order valence-electron chi connectivity index (χ0n) is 8.89. The van der Waals surface area contributed by atoms with Gasteiger partial charge >= 0.3 is 0 Å². The van der Waals surface area contributed by atoms with Gasteiger partial charge < -0.3 is 4.98 Å². The molecule has 0 fully saturated rings. The second-order valence-electron chi connectivity index (χ2n) is 3.50. The molecule has 0 spiro atoms. The van der Waals surface area contributed by atoms with Crippen molar-refractivity contribution in [2.75, 3.05) is 0 Å². The molecular formula is C11H6Cl2N4S. The first kappa shape index (κ1) is 11.8. The zero-order chi connectivity index (χ0) is 12.5. The van der Waals surface area contributed by atoms with Gasteiger partial charge in [0.05, 0.1) is 5.03 Å². The van der Waals surface area contributed by atoms with E-state index < -0.39 is 0 Å². The van der Waals surface area contributed by atoms with Crippen molar-refractivity contribution in [1.82, 2.24) is 20.2 Å². The highest BCUT2D eigenvalue weighted by atomic mass is 35.5. The maximum Gasteiger partial charge on any atom is 0.244 e. The number of aromatic nitrogens is 4. The van der Waals surface area contributed by atoms with E-state index in [1.165, 1.54) is 11.8 Å². The summed E-state index contributed by atoms with van der Waals surface area (Å²) in [6.07, 6.45) is 0. The van der Waals surface area contributed by atoms with E-state index in [0.717, 1.165) is 15.9 Å². The summed E-state index contributed by atoms with van der Waals surface area (Å²) >= 11 is 13.0. The molecule has 0 saturated heterocycles. The fourth-order valence-corrected chi connectivity index (χ4v) is 2.73. The summed E-state index contributed by atoms with van der Waals surface area (Å²) in [6.45, 7) is 0. The fourth-order valence-electron chi connectivity index (χ4n) is 1.55. The highest BCUT2D eigenvalue weighted by Crippen LogP contribution is 2.32. The van der Waals surface area contributed by atoms with Crippen LogP contribution >= 0.6 is 35.0 Å². The topological polar surface area (TPSA) is 54.5 Å². The summed E-state index contributed by atoms with van der Waals surface area (Å²) in [6, 6.07) is 10.0. The Morgan fingerprint density at radius 1 is 1.11 bits per heavy atom. The second kappa shape index (κ2) is 4.76. The van der Waals surface area contributed by atoms with Crippen LogP contribution in [0.2, 0.25) is 10.4 Å².